The molecular weight excluding hydrogens is 181 g/mol. The van der Waals surface area contributed by atoms with Crippen LogP contribution in [0.5, 0.6) is 0 Å². The van der Waals surface area contributed by atoms with Crippen LogP contribution in [0.1, 0.15) is 5.56 Å². The topological polar surface area (TPSA) is 73.6 Å². The molecule has 4 heteroatoms. The summed E-state index contributed by atoms with van der Waals surface area (Å²) in [5, 5.41) is 17.0. The number of nitrogens with two attached hydrogens (primary N) is 1. The molecule has 14 heavy (non-hydrogen) atoms. The van der Waals surface area contributed by atoms with E-state index in [4.69, 9.17) is 16.3 Å². The molecule has 68 valence electrons. The first-order valence-corrected chi connectivity index (χ1v) is 3.75. The van der Waals surface area contributed by atoms with Gasteiger partial charge in [-0.25, -0.2) is 4.39 Å². The Kier molecular flexibility index (Phi) is 2.83. The number of hydrogen-bond donors (Lipinski definition) is 1. The molecule has 0 radical (unpaired) electrons. The second-order valence-electron chi connectivity index (χ2n) is 2.52. The van der Waals surface area contributed by atoms with Crippen LogP contribution in [0.15, 0.2) is 29.8 Å². The number of nitrogens with zero attached hydrogens (tertiary/aromatic N) is 2. The highest BCUT2D eigenvalue weighted by Gasteiger charge is 2.04. The lowest BCUT2D eigenvalue weighted by Crippen LogP contribution is -2.00. The van der Waals surface area contributed by atoms with Gasteiger partial charge in [0.1, 0.15) is 18.0 Å². The summed E-state index contributed by atoms with van der Waals surface area (Å²) >= 11 is 0. The lowest BCUT2D eigenvalue weighted by Gasteiger charge is -2.00. The average molecular weight is 187 g/mol. The molecule has 0 spiro atoms. The van der Waals surface area contributed by atoms with Crippen molar-refractivity contribution in [1.29, 1.82) is 10.5 Å². The summed E-state index contributed by atoms with van der Waals surface area (Å²) in [4.78, 5) is 0. The van der Waals surface area contributed by atoms with Crippen LogP contribution in [-0.2, 0) is 0 Å². The van der Waals surface area contributed by atoms with Crippen LogP contribution in [0.3, 0.4) is 0 Å². The molecule has 0 aliphatic carbocycles. The van der Waals surface area contributed by atoms with Crippen LogP contribution < -0.4 is 5.73 Å². The first-order chi connectivity index (χ1) is 6.69. The van der Waals surface area contributed by atoms with Crippen molar-refractivity contribution in [3.8, 4) is 12.1 Å². The maximum absolute atomic E-state index is 12.8. The third-order valence-corrected chi connectivity index (χ3v) is 1.63. The van der Waals surface area contributed by atoms with Crippen LogP contribution in [0, 0.1) is 28.5 Å². The maximum atomic E-state index is 12.8. The predicted octanol–water partition coefficient (Wildman–Crippen LogP) is 1.54. The van der Waals surface area contributed by atoms with E-state index in [9.17, 15) is 4.39 Å². The van der Waals surface area contributed by atoms with Crippen molar-refractivity contribution < 1.29 is 4.39 Å². The molecule has 3 nitrogen and oxygen atoms in total. The van der Waals surface area contributed by atoms with Crippen molar-refractivity contribution in [2.75, 3.05) is 0 Å². The fraction of sp³-hybridized carbons (Fsp3) is 0. The van der Waals surface area contributed by atoms with E-state index in [1.54, 1.807) is 12.1 Å². The smallest absolute Gasteiger partial charge is 0.153 e. The van der Waals surface area contributed by atoms with E-state index >= 15 is 0 Å². The van der Waals surface area contributed by atoms with E-state index in [-0.39, 0.29) is 11.3 Å². The van der Waals surface area contributed by atoms with E-state index in [1.807, 2.05) is 0 Å². The highest BCUT2D eigenvalue weighted by atomic mass is 19.1. The summed E-state index contributed by atoms with van der Waals surface area (Å²) in [6.45, 7) is 0. The summed E-state index contributed by atoms with van der Waals surface area (Å²) < 4.78 is 12.8. The van der Waals surface area contributed by atoms with Crippen LogP contribution >= 0.6 is 0 Å². The summed E-state index contributed by atoms with van der Waals surface area (Å²) in [7, 11) is 0. The number of allylic oxidation sites excluding steroid dienone is 1. The third-order valence-electron chi connectivity index (χ3n) is 1.63. The van der Waals surface area contributed by atoms with Gasteiger partial charge >= 0.3 is 0 Å². The average Bonchev–Trinajstić information content (AvgIpc) is 2.19. The number of rotatable bonds is 1. The Morgan fingerprint density at radius 2 is 1.93 bits per heavy atom. The minimum Gasteiger partial charge on any atom is -0.397 e. The van der Waals surface area contributed by atoms with Crippen molar-refractivity contribution >= 4 is 5.70 Å². The number of benzene rings is 1. The zero-order chi connectivity index (χ0) is 10.6. The van der Waals surface area contributed by atoms with Gasteiger partial charge in [-0.05, 0) is 12.1 Å². The van der Waals surface area contributed by atoms with Gasteiger partial charge < -0.3 is 5.73 Å². The normalized spacial score (nSPS) is 8.50. The van der Waals surface area contributed by atoms with E-state index < -0.39 is 5.82 Å². The van der Waals surface area contributed by atoms with Gasteiger partial charge in [0.2, 0.25) is 0 Å². The molecule has 0 unspecified atom stereocenters. The van der Waals surface area contributed by atoms with Crippen molar-refractivity contribution in [1.82, 2.24) is 0 Å². The molecular formula is C10H6FN3. The molecule has 0 saturated carbocycles. The van der Waals surface area contributed by atoms with Gasteiger partial charge in [0, 0.05) is 5.56 Å². The molecule has 0 bridgehead atoms. The standard InChI is InChI=1S/C10H6FN3/c11-9-3-1-2-7(4-9)10(14)8(5-12)6-13/h1-4H,14H2. The van der Waals surface area contributed by atoms with Gasteiger partial charge in [-0.3, -0.25) is 0 Å². The van der Waals surface area contributed by atoms with Crippen molar-refractivity contribution in [3.63, 3.8) is 0 Å². The van der Waals surface area contributed by atoms with Crippen LogP contribution in [0.4, 0.5) is 4.39 Å². The Bertz CT molecular complexity index is 447. The molecule has 0 heterocycles. The molecule has 0 aromatic heterocycles. The summed E-state index contributed by atoms with van der Waals surface area (Å²) in [6, 6.07) is 8.71. The monoisotopic (exact) mass is 187 g/mol. The first kappa shape index (κ1) is 9.76. The van der Waals surface area contributed by atoms with Gasteiger partial charge in [-0.1, -0.05) is 12.1 Å². The maximum Gasteiger partial charge on any atom is 0.153 e. The summed E-state index contributed by atoms with van der Waals surface area (Å²) in [6.07, 6.45) is 0. The summed E-state index contributed by atoms with van der Waals surface area (Å²) in [5.41, 5.74) is 5.62. The Labute approximate surface area is 80.5 Å². The second kappa shape index (κ2) is 4.06. The Morgan fingerprint density at radius 3 is 2.43 bits per heavy atom. The van der Waals surface area contributed by atoms with Gasteiger partial charge in [-0.15, -0.1) is 0 Å². The molecule has 1 aromatic rings. The van der Waals surface area contributed by atoms with Crippen LogP contribution in [0.25, 0.3) is 5.70 Å². The number of halogens is 1. The lowest BCUT2D eigenvalue weighted by atomic mass is 10.1. The van der Waals surface area contributed by atoms with E-state index in [0.29, 0.717) is 5.56 Å². The van der Waals surface area contributed by atoms with Gasteiger partial charge in [0.25, 0.3) is 0 Å². The zero-order valence-electron chi connectivity index (χ0n) is 7.16. The molecule has 1 rings (SSSR count). The van der Waals surface area contributed by atoms with Crippen molar-refractivity contribution in [3.05, 3.63) is 41.2 Å². The Balaban J connectivity index is 3.27. The molecule has 1 aromatic carbocycles. The third kappa shape index (κ3) is 1.88. The zero-order valence-corrected chi connectivity index (χ0v) is 7.16. The van der Waals surface area contributed by atoms with Gasteiger partial charge in [-0.2, -0.15) is 10.5 Å². The van der Waals surface area contributed by atoms with Gasteiger partial charge in [0.15, 0.2) is 5.57 Å². The second-order valence-corrected chi connectivity index (χ2v) is 2.52. The highest BCUT2D eigenvalue weighted by Crippen LogP contribution is 2.13. The van der Waals surface area contributed by atoms with E-state index in [0.717, 1.165) is 0 Å². The molecule has 0 fully saturated rings. The van der Waals surface area contributed by atoms with Crippen LogP contribution in [-0.4, -0.2) is 0 Å². The Hall–Kier alpha value is -2.33. The summed E-state index contributed by atoms with van der Waals surface area (Å²) in [5.74, 6) is -0.458. The molecule has 0 saturated heterocycles. The number of nitriles is 2. The Morgan fingerprint density at radius 1 is 1.29 bits per heavy atom. The van der Waals surface area contributed by atoms with Crippen molar-refractivity contribution in [2.45, 2.75) is 0 Å². The van der Waals surface area contributed by atoms with E-state index in [2.05, 4.69) is 0 Å². The quantitative estimate of drug-likeness (QED) is 0.677. The minimum atomic E-state index is -0.458. The first-order valence-electron chi connectivity index (χ1n) is 3.75. The van der Waals surface area contributed by atoms with Crippen molar-refractivity contribution in [2.24, 2.45) is 5.73 Å². The van der Waals surface area contributed by atoms with E-state index in [1.165, 1.54) is 24.3 Å². The molecule has 0 atom stereocenters. The van der Waals surface area contributed by atoms with Gasteiger partial charge in [0.05, 0.1) is 5.70 Å². The number of hydrogen-bond acceptors (Lipinski definition) is 3. The fourth-order valence-electron chi connectivity index (χ4n) is 0.946. The molecule has 0 aliphatic heterocycles. The minimum absolute atomic E-state index is 0.00509. The fourth-order valence-corrected chi connectivity index (χ4v) is 0.946. The highest BCUT2D eigenvalue weighted by molar-refractivity contribution is 5.72. The molecule has 2 N–H and O–H groups in total. The molecule has 0 amide bonds. The predicted molar refractivity (Wildman–Crippen MR) is 48.7 cm³/mol. The molecule has 0 aliphatic rings. The largest absolute Gasteiger partial charge is 0.397 e. The van der Waals surface area contributed by atoms with Crippen LogP contribution in [0.2, 0.25) is 0 Å². The SMILES string of the molecule is N#CC(C#N)=C(N)c1cccc(F)c1. The lowest BCUT2D eigenvalue weighted by molar-refractivity contribution is 0.627.